The predicted molar refractivity (Wildman–Crippen MR) is 113 cm³/mol. The summed E-state index contributed by atoms with van der Waals surface area (Å²) in [5, 5.41) is 10.1. The SMILES string of the molecule is C/C=C/c1ccc([C@@H]2[C@@H](CO)N(C(=O)C3CC3)[C@H]2CN(C)C(=O)CC2CC2)cc1. The number of amides is 2. The number of rotatable bonds is 8. The molecule has 0 aromatic heterocycles. The van der Waals surface area contributed by atoms with Crippen LogP contribution in [0.4, 0.5) is 0 Å². The molecule has 2 amide bonds. The molecule has 1 saturated heterocycles. The van der Waals surface area contributed by atoms with E-state index in [1.54, 1.807) is 4.90 Å². The molecule has 5 nitrogen and oxygen atoms in total. The van der Waals surface area contributed by atoms with Crippen LogP contribution in [0.15, 0.2) is 30.3 Å². The van der Waals surface area contributed by atoms with E-state index in [-0.39, 0.29) is 42.3 Å². The van der Waals surface area contributed by atoms with Gasteiger partial charge in [0, 0.05) is 31.8 Å². The van der Waals surface area contributed by atoms with Gasteiger partial charge in [-0.2, -0.15) is 0 Å². The fraction of sp³-hybridized carbons (Fsp3) is 0.583. The van der Waals surface area contributed by atoms with Crippen molar-refractivity contribution in [3.05, 3.63) is 41.5 Å². The summed E-state index contributed by atoms with van der Waals surface area (Å²) in [5.74, 6) is 1.03. The molecule has 5 heteroatoms. The number of likely N-dealkylation sites (tertiary alicyclic amines) is 1. The molecule has 1 N–H and O–H groups in total. The van der Waals surface area contributed by atoms with E-state index >= 15 is 0 Å². The second kappa shape index (κ2) is 8.31. The largest absolute Gasteiger partial charge is 0.394 e. The molecule has 1 aliphatic heterocycles. The quantitative estimate of drug-likeness (QED) is 0.735. The van der Waals surface area contributed by atoms with Crippen LogP contribution in [-0.2, 0) is 9.59 Å². The maximum atomic E-state index is 12.9. The molecule has 3 atom stereocenters. The van der Waals surface area contributed by atoms with Gasteiger partial charge in [0.2, 0.25) is 11.8 Å². The lowest BCUT2D eigenvalue weighted by atomic mass is 9.74. The van der Waals surface area contributed by atoms with Crippen molar-refractivity contribution in [3.63, 3.8) is 0 Å². The fourth-order valence-electron chi connectivity index (χ4n) is 4.59. The lowest BCUT2D eigenvalue weighted by molar-refractivity contribution is -0.155. The first-order chi connectivity index (χ1) is 14.0. The Kier molecular flexibility index (Phi) is 5.77. The maximum Gasteiger partial charge on any atom is 0.226 e. The number of hydrogen-bond donors (Lipinski definition) is 1. The first-order valence-corrected chi connectivity index (χ1v) is 10.9. The highest BCUT2D eigenvalue weighted by Gasteiger charge is 2.54. The van der Waals surface area contributed by atoms with Crippen molar-refractivity contribution in [3.8, 4) is 0 Å². The summed E-state index contributed by atoms with van der Waals surface area (Å²) in [5.41, 5.74) is 2.26. The monoisotopic (exact) mass is 396 g/mol. The third-order valence-electron chi connectivity index (χ3n) is 6.64. The van der Waals surface area contributed by atoms with Crippen molar-refractivity contribution in [2.45, 2.75) is 57.0 Å². The Hall–Kier alpha value is -2.14. The molecule has 29 heavy (non-hydrogen) atoms. The minimum absolute atomic E-state index is 0.0457. The van der Waals surface area contributed by atoms with Crippen molar-refractivity contribution in [2.24, 2.45) is 11.8 Å². The van der Waals surface area contributed by atoms with Gasteiger partial charge in [0.05, 0.1) is 18.7 Å². The summed E-state index contributed by atoms with van der Waals surface area (Å²) >= 11 is 0. The summed E-state index contributed by atoms with van der Waals surface area (Å²) in [4.78, 5) is 29.2. The standard InChI is InChI=1S/C24H32N2O3/c1-3-4-16-7-9-18(10-8-16)23-20(14-25(2)22(28)13-17-5-6-17)26(21(23)15-27)24(29)19-11-12-19/h3-4,7-10,17,19-21,23,27H,5-6,11-15H2,1-2H3/b4-3+/t20-,21+,23-/m0/s1. The molecule has 0 spiro atoms. The van der Waals surface area contributed by atoms with E-state index in [1.165, 1.54) is 0 Å². The summed E-state index contributed by atoms with van der Waals surface area (Å²) in [6.07, 6.45) is 8.88. The Morgan fingerprint density at radius 1 is 1.14 bits per heavy atom. The van der Waals surface area contributed by atoms with Crippen LogP contribution < -0.4 is 0 Å². The van der Waals surface area contributed by atoms with E-state index in [4.69, 9.17) is 0 Å². The smallest absolute Gasteiger partial charge is 0.226 e. The van der Waals surface area contributed by atoms with Crippen LogP contribution in [0.1, 0.15) is 56.1 Å². The molecule has 4 rings (SSSR count). The number of hydrogen-bond acceptors (Lipinski definition) is 3. The molecule has 0 radical (unpaired) electrons. The van der Waals surface area contributed by atoms with Crippen molar-refractivity contribution < 1.29 is 14.7 Å². The molecule has 3 aliphatic rings. The highest BCUT2D eigenvalue weighted by atomic mass is 16.3. The van der Waals surface area contributed by atoms with Crippen molar-refractivity contribution in [1.29, 1.82) is 0 Å². The molecule has 1 heterocycles. The lowest BCUT2D eigenvalue weighted by Crippen LogP contribution is -2.69. The number of benzene rings is 1. The average molecular weight is 397 g/mol. The van der Waals surface area contributed by atoms with Crippen LogP contribution in [0.5, 0.6) is 0 Å². The van der Waals surface area contributed by atoms with Crippen LogP contribution in [0.3, 0.4) is 0 Å². The van der Waals surface area contributed by atoms with Gasteiger partial charge in [-0.3, -0.25) is 9.59 Å². The molecule has 2 aliphatic carbocycles. The Balaban J connectivity index is 1.54. The molecule has 156 valence electrons. The summed E-state index contributed by atoms with van der Waals surface area (Å²) < 4.78 is 0. The first kappa shape index (κ1) is 20.1. The second-order valence-electron chi connectivity index (χ2n) is 8.95. The number of likely N-dealkylation sites (N-methyl/N-ethyl adjacent to an activating group) is 1. The summed E-state index contributed by atoms with van der Waals surface area (Å²) in [6, 6.07) is 8.08. The number of aliphatic hydroxyl groups is 1. The van der Waals surface area contributed by atoms with Crippen molar-refractivity contribution >= 4 is 17.9 Å². The molecule has 2 saturated carbocycles. The lowest BCUT2D eigenvalue weighted by Gasteiger charge is -2.56. The van der Waals surface area contributed by atoms with Gasteiger partial charge in [0.1, 0.15) is 0 Å². The molecule has 3 fully saturated rings. The third kappa shape index (κ3) is 4.25. The van der Waals surface area contributed by atoms with E-state index in [1.807, 2.05) is 24.9 Å². The normalized spacial score (nSPS) is 26.4. The zero-order valence-electron chi connectivity index (χ0n) is 17.5. The van der Waals surface area contributed by atoms with Crippen molar-refractivity contribution in [2.75, 3.05) is 20.2 Å². The fourth-order valence-corrected chi connectivity index (χ4v) is 4.59. The van der Waals surface area contributed by atoms with E-state index in [9.17, 15) is 14.7 Å². The van der Waals surface area contributed by atoms with E-state index in [0.717, 1.165) is 36.8 Å². The van der Waals surface area contributed by atoms with Gasteiger partial charge < -0.3 is 14.9 Å². The highest BCUT2D eigenvalue weighted by Crippen LogP contribution is 2.45. The molecule has 0 bridgehead atoms. The minimum Gasteiger partial charge on any atom is -0.394 e. The minimum atomic E-state index is -0.201. The van der Waals surface area contributed by atoms with E-state index in [0.29, 0.717) is 18.9 Å². The van der Waals surface area contributed by atoms with Gasteiger partial charge in [0.25, 0.3) is 0 Å². The third-order valence-corrected chi connectivity index (χ3v) is 6.64. The maximum absolute atomic E-state index is 12.9. The van der Waals surface area contributed by atoms with Gasteiger partial charge in [-0.15, -0.1) is 0 Å². The highest BCUT2D eigenvalue weighted by molar-refractivity contribution is 5.83. The second-order valence-corrected chi connectivity index (χ2v) is 8.95. The number of carbonyl (C=O) groups is 2. The number of nitrogens with zero attached hydrogens (tertiary/aromatic N) is 2. The summed E-state index contributed by atoms with van der Waals surface area (Å²) in [7, 11) is 1.85. The Bertz CT molecular complexity index is 780. The molecule has 1 aromatic rings. The molecule has 1 aromatic carbocycles. The number of aliphatic hydroxyl groups excluding tert-OH is 1. The molecular formula is C24H32N2O3. The first-order valence-electron chi connectivity index (χ1n) is 10.9. The van der Waals surface area contributed by atoms with Gasteiger partial charge in [-0.25, -0.2) is 0 Å². The Morgan fingerprint density at radius 2 is 1.83 bits per heavy atom. The Morgan fingerprint density at radius 3 is 2.38 bits per heavy atom. The van der Waals surface area contributed by atoms with Crippen LogP contribution in [0.2, 0.25) is 0 Å². The van der Waals surface area contributed by atoms with Crippen molar-refractivity contribution in [1.82, 2.24) is 9.80 Å². The molecule has 0 unspecified atom stereocenters. The molecular weight excluding hydrogens is 364 g/mol. The van der Waals surface area contributed by atoms with Crippen LogP contribution >= 0.6 is 0 Å². The van der Waals surface area contributed by atoms with E-state index < -0.39 is 0 Å². The van der Waals surface area contributed by atoms with Gasteiger partial charge in [-0.1, -0.05) is 36.4 Å². The van der Waals surface area contributed by atoms with Crippen LogP contribution in [0, 0.1) is 11.8 Å². The van der Waals surface area contributed by atoms with E-state index in [2.05, 4.69) is 30.3 Å². The van der Waals surface area contributed by atoms with Gasteiger partial charge in [-0.05, 0) is 49.7 Å². The average Bonchev–Trinajstić information content (AvgIpc) is 3.60. The zero-order chi connectivity index (χ0) is 20.5. The topological polar surface area (TPSA) is 60.9 Å². The zero-order valence-corrected chi connectivity index (χ0v) is 17.5. The van der Waals surface area contributed by atoms with Crippen LogP contribution in [0.25, 0.3) is 6.08 Å². The predicted octanol–water partition coefficient (Wildman–Crippen LogP) is 3.04. The number of allylic oxidation sites excluding steroid dienone is 1. The summed E-state index contributed by atoms with van der Waals surface area (Å²) in [6.45, 7) is 2.48. The number of carbonyl (C=O) groups excluding carboxylic acids is 2. The Labute approximate surface area is 173 Å². The van der Waals surface area contributed by atoms with Gasteiger partial charge in [0.15, 0.2) is 0 Å². The van der Waals surface area contributed by atoms with Gasteiger partial charge >= 0.3 is 0 Å². The van der Waals surface area contributed by atoms with Crippen LogP contribution in [-0.4, -0.2) is 59.0 Å².